The molecule has 2 nitrogen and oxygen atoms in total. The van der Waals surface area contributed by atoms with Crippen LogP contribution in [0.2, 0.25) is 0 Å². The average molecular weight is 485 g/mol. The van der Waals surface area contributed by atoms with E-state index < -0.39 is 9.14 Å². The first kappa shape index (κ1) is 19.2. The van der Waals surface area contributed by atoms with Gasteiger partial charge >= 0.3 is 68.5 Å². The van der Waals surface area contributed by atoms with Crippen molar-refractivity contribution in [2.45, 2.75) is 0 Å². The normalized spacial score (nSPS) is 15.9. The molecule has 0 spiro atoms. The fraction of sp³-hybridized carbons (Fsp3) is 0.222. The van der Waals surface area contributed by atoms with E-state index in [1.807, 2.05) is 42.0 Å². The van der Waals surface area contributed by atoms with E-state index in [0.717, 1.165) is 5.69 Å². The van der Waals surface area contributed by atoms with E-state index in [1.165, 1.54) is 0 Å². The van der Waals surface area contributed by atoms with Crippen LogP contribution in [0, 0.1) is 0 Å². The number of halogens is 6. The van der Waals surface area contributed by atoms with Gasteiger partial charge in [0.05, 0.1) is 7.11 Å². The van der Waals surface area contributed by atoms with Gasteiger partial charge in [-0.1, -0.05) is 18.2 Å². The Kier molecular flexibility index (Phi) is 6.79. The fourth-order valence-electron chi connectivity index (χ4n) is 0.882. The van der Waals surface area contributed by atoms with Crippen LogP contribution in [0.3, 0.4) is 0 Å². The molecule has 18 heavy (non-hydrogen) atoms. The summed E-state index contributed by atoms with van der Waals surface area (Å²) in [4.78, 5) is 0. The second-order valence-electron chi connectivity index (χ2n) is 3.25. The van der Waals surface area contributed by atoms with Gasteiger partial charge in [-0.05, 0) is 0 Å². The van der Waals surface area contributed by atoms with Gasteiger partial charge < -0.3 is 4.74 Å². The van der Waals surface area contributed by atoms with Gasteiger partial charge in [-0.3, -0.25) is 0 Å². The van der Waals surface area contributed by atoms with E-state index in [1.54, 1.807) is 13.5 Å². The number of ether oxygens (including phenoxy) is 1. The van der Waals surface area contributed by atoms with Gasteiger partial charge in [0, 0.05) is 12.1 Å². The van der Waals surface area contributed by atoms with Crippen LogP contribution in [0.25, 0.3) is 0 Å². The summed E-state index contributed by atoms with van der Waals surface area (Å²) in [7, 11) is 28.5. The summed E-state index contributed by atoms with van der Waals surface area (Å²) < 4.78 is 6.78. The molecule has 0 unspecified atom stereocenters. The number of nitrogens with zero attached hydrogens (tertiary/aromatic N) is 1. The summed E-state index contributed by atoms with van der Waals surface area (Å²) in [6, 6.07) is 10.0. The summed E-state index contributed by atoms with van der Waals surface area (Å²) in [5, 5.41) is 0. The van der Waals surface area contributed by atoms with E-state index in [4.69, 9.17) is 57.7 Å². The summed E-state index contributed by atoms with van der Waals surface area (Å²) in [6.45, 7) is 0. The van der Waals surface area contributed by atoms with Crippen molar-refractivity contribution >= 4 is 74.2 Å². The first-order chi connectivity index (χ1) is 7.79. The van der Waals surface area contributed by atoms with Crippen molar-refractivity contribution in [3.05, 3.63) is 30.3 Å². The van der Waals surface area contributed by atoms with Crippen LogP contribution in [0.15, 0.2) is 30.3 Å². The summed E-state index contributed by atoms with van der Waals surface area (Å²) >= 11 is 0. The maximum atomic E-state index is 5.06. The van der Waals surface area contributed by atoms with Gasteiger partial charge in [0.1, 0.15) is 7.05 Å². The van der Waals surface area contributed by atoms with Crippen molar-refractivity contribution in [2.24, 2.45) is 0 Å². The Morgan fingerprint density at radius 1 is 1.00 bits per heavy atom. The van der Waals surface area contributed by atoms with Crippen LogP contribution in [0.1, 0.15) is 0 Å². The number of rotatable bonds is 2. The molecule has 1 aromatic carbocycles. The molecule has 0 fully saturated rings. The second-order valence-corrected chi connectivity index (χ2v) is 60.1. The van der Waals surface area contributed by atoms with E-state index >= 15 is 0 Å². The van der Waals surface area contributed by atoms with E-state index in [0.29, 0.717) is 0 Å². The third-order valence-electron chi connectivity index (χ3n) is 1.43. The minimum atomic E-state index is -5.42. The molecule has 0 amide bonds. The standard InChI is InChI=1S/C9H12NO.6ClH.Sb/c1-10(8-11-2)9-6-4-3-5-7-9;;;;;;;/h3-8H,1-2H3;6*1H;/q+1;;;;;;;+5/p-6. The average Bonchev–Trinajstić information content (AvgIpc) is 2.15. The molecule has 0 heterocycles. The maximum absolute atomic E-state index is 5.42. The van der Waals surface area contributed by atoms with E-state index in [9.17, 15) is 0 Å². The van der Waals surface area contributed by atoms with Gasteiger partial charge in [-0.25, -0.2) is 0 Å². The predicted octanol–water partition coefficient (Wildman–Crippen LogP) is 5.39. The Morgan fingerprint density at radius 3 is 1.72 bits per heavy atom. The van der Waals surface area contributed by atoms with Crippen molar-refractivity contribution in [3.63, 3.8) is 0 Å². The molecular formula is C9H12Cl6NOSb. The number of benzene rings is 1. The van der Waals surface area contributed by atoms with Crippen LogP contribution < -0.4 is 0 Å². The van der Waals surface area contributed by atoms with Crippen molar-refractivity contribution in [3.8, 4) is 0 Å². The third-order valence-corrected chi connectivity index (χ3v) is 1.43. The molecule has 1 aromatic rings. The Bertz CT molecular complexity index is 401. The quantitative estimate of drug-likeness (QED) is 0.237. The molecule has 0 radical (unpaired) electrons. The van der Waals surface area contributed by atoms with Crippen LogP contribution in [0.5, 0.6) is 0 Å². The fourth-order valence-corrected chi connectivity index (χ4v) is 0.882. The Balaban J connectivity index is 0.000000360. The molecular weight excluding hydrogens is 473 g/mol. The first-order valence-electron chi connectivity index (χ1n) is 4.50. The van der Waals surface area contributed by atoms with E-state index in [2.05, 4.69) is 0 Å². The molecule has 1 rings (SSSR count). The van der Waals surface area contributed by atoms with Crippen LogP contribution in [0.4, 0.5) is 5.69 Å². The van der Waals surface area contributed by atoms with Crippen LogP contribution >= 0.6 is 53.0 Å². The number of hydrogen-bond donors (Lipinski definition) is 0. The molecule has 0 saturated carbocycles. The second kappa shape index (κ2) is 6.35. The molecule has 0 aliphatic carbocycles. The van der Waals surface area contributed by atoms with Gasteiger partial charge in [-0.2, -0.15) is 4.58 Å². The van der Waals surface area contributed by atoms with Gasteiger partial charge in [0.15, 0.2) is 0 Å². The first-order valence-corrected chi connectivity index (χ1v) is 23.9. The zero-order valence-electron chi connectivity index (χ0n) is 9.53. The number of hydrogen-bond acceptors (Lipinski definition) is 1. The zero-order chi connectivity index (χ0) is 14.5. The molecule has 106 valence electrons. The minimum absolute atomic E-state index is 1.12. The summed E-state index contributed by atoms with van der Waals surface area (Å²) in [5.41, 5.74) is 1.12. The molecule has 0 atom stereocenters. The molecule has 9 heteroatoms. The monoisotopic (exact) mass is 481 g/mol. The topological polar surface area (TPSA) is 12.2 Å². The van der Waals surface area contributed by atoms with Gasteiger partial charge in [-0.15, -0.1) is 0 Å². The SMILES string of the molecule is COC=[N+](C)c1ccccc1.[Cl][Sb-]([Cl])([Cl])([Cl])([Cl])[Cl]. The third kappa shape index (κ3) is 17.2. The number of para-hydroxylation sites is 1. The Hall–Kier alpha value is 1.25. The van der Waals surface area contributed by atoms with E-state index in [-0.39, 0.29) is 0 Å². The Morgan fingerprint density at radius 2 is 1.39 bits per heavy atom. The zero-order valence-corrected chi connectivity index (χ0v) is 16.6. The number of methoxy groups -OCH3 is 1. The molecule has 0 aliphatic rings. The van der Waals surface area contributed by atoms with Gasteiger partial charge in [0.2, 0.25) is 5.69 Å². The van der Waals surface area contributed by atoms with Crippen molar-refractivity contribution in [2.75, 3.05) is 14.2 Å². The van der Waals surface area contributed by atoms with Crippen LogP contribution in [-0.2, 0) is 4.74 Å². The molecule has 0 aliphatic heterocycles. The Labute approximate surface area is 126 Å². The predicted molar refractivity (Wildman–Crippen MR) is 86.2 cm³/mol. The summed E-state index contributed by atoms with van der Waals surface area (Å²) in [6.07, 6.45) is 1.66. The van der Waals surface area contributed by atoms with Gasteiger partial charge in [0.25, 0.3) is 0 Å². The summed E-state index contributed by atoms with van der Waals surface area (Å²) in [5.74, 6) is 0. The van der Waals surface area contributed by atoms with Crippen LogP contribution in [-0.4, -0.2) is 34.3 Å². The molecule has 0 bridgehead atoms. The molecule has 0 saturated heterocycles. The van der Waals surface area contributed by atoms with Crippen molar-refractivity contribution < 1.29 is 9.31 Å². The molecule has 0 N–H and O–H groups in total. The van der Waals surface area contributed by atoms with Crippen molar-refractivity contribution in [1.29, 1.82) is 0 Å². The molecule has 0 aromatic heterocycles. The van der Waals surface area contributed by atoms with Crippen molar-refractivity contribution in [1.82, 2.24) is 0 Å².